The molecule has 0 saturated heterocycles. The van der Waals surface area contributed by atoms with Crippen molar-refractivity contribution in [1.29, 1.82) is 0 Å². The van der Waals surface area contributed by atoms with Crippen molar-refractivity contribution in [3.05, 3.63) is 455 Å². The fourth-order valence-corrected chi connectivity index (χ4v) is 21.6. The highest BCUT2D eigenvalue weighted by Crippen LogP contribution is 2.49. The van der Waals surface area contributed by atoms with Gasteiger partial charge in [-0.15, -0.1) is 22.7 Å². The molecule has 0 radical (unpaired) electrons. The Labute approximate surface area is 766 Å². The SMILES string of the molecule is c1ccc(-c2cc(-c3ccccc3)nc(-c3ccc4c(c3)c3c5sc6ccccc6c5ccc3n4-c3ccccc3)n2)cc1.c1ccc(-c2cc(-c3ccccc3)nc(-c3ccc4c5c6oc7ccccc7c6ccc5n(-c5ccccc5)c4c3)n2)cc1.c1ccc(-c2cc(-c3ccccc3)nc(-c3ccc4c5c6sc7ccccc7c6ccc5n(-c5ccccc5)c4c3)n2)cc1. The van der Waals surface area contributed by atoms with Gasteiger partial charge in [-0.25, -0.2) is 29.9 Å². The van der Waals surface area contributed by atoms with Gasteiger partial charge >= 0.3 is 0 Å². The summed E-state index contributed by atoms with van der Waals surface area (Å²) < 4.78 is 18.9. The summed E-state index contributed by atoms with van der Waals surface area (Å²) in [5, 5.41) is 14.7. The van der Waals surface area contributed by atoms with E-state index in [-0.39, 0.29) is 0 Å². The molecular weight excluding hydrogens is 1650 g/mol. The van der Waals surface area contributed by atoms with Gasteiger partial charge in [0.1, 0.15) is 11.2 Å². The monoisotopic (exact) mass is 1720 g/mol. The van der Waals surface area contributed by atoms with Crippen LogP contribution in [-0.2, 0) is 0 Å². The summed E-state index contributed by atoms with van der Waals surface area (Å²) in [7, 11) is 0. The van der Waals surface area contributed by atoms with E-state index >= 15 is 0 Å². The van der Waals surface area contributed by atoms with Gasteiger partial charge in [0.15, 0.2) is 17.5 Å². The predicted octanol–water partition coefficient (Wildman–Crippen LogP) is 32.4. The summed E-state index contributed by atoms with van der Waals surface area (Å²) in [6.07, 6.45) is 0. The number of rotatable bonds is 12. The summed E-state index contributed by atoms with van der Waals surface area (Å²) in [6, 6.07) is 159. The molecule has 0 aliphatic rings. The fraction of sp³-hybridized carbons (Fsp3) is 0. The van der Waals surface area contributed by atoms with Crippen LogP contribution in [0, 0.1) is 0 Å². The lowest BCUT2D eigenvalue weighted by atomic mass is 10.0. The maximum Gasteiger partial charge on any atom is 0.160 e. The highest BCUT2D eigenvalue weighted by atomic mass is 32.1. The number of thiophene rings is 2. The van der Waals surface area contributed by atoms with Gasteiger partial charge in [0, 0.05) is 145 Å². The first-order valence-corrected chi connectivity index (χ1v) is 45.9. The molecule has 18 aromatic carbocycles. The van der Waals surface area contributed by atoms with E-state index in [9.17, 15) is 0 Å². The second-order valence-electron chi connectivity index (χ2n) is 33.1. The highest BCUT2D eigenvalue weighted by molar-refractivity contribution is 7.27. The standard InChI is InChI=1S/C40H25N3O.2C40H25N3S/c1-4-12-26(13-5-1)33-25-34(27-14-6-2-7-15-27)42-40(41-33)28-20-21-32-36(24-28)43(29-16-8-3-9-17-29)35-23-22-31-30-18-10-11-19-37(30)44-39(31)38(32)35;1-4-12-26(13-5-1)33-25-34(27-14-6-2-7-15-27)42-40(41-33)28-20-22-35-32(24-28)38-36(43(35)29-16-8-3-9-17-29)23-21-31-30-18-10-11-19-37(30)44-39(31)38;1-4-12-26(13-5-1)33-25-34(27-14-6-2-7-15-27)42-40(41-33)28-20-21-32-36(24-28)43(29-16-8-3-9-17-29)35-23-22-31-30-18-10-11-19-37(30)44-39(31)38(32)35/h3*1-25H. The van der Waals surface area contributed by atoms with Gasteiger partial charge in [-0.05, 0) is 127 Å². The number of hydrogen-bond donors (Lipinski definition) is 0. The predicted molar refractivity (Wildman–Crippen MR) is 551 cm³/mol. The van der Waals surface area contributed by atoms with E-state index in [4.69, 9.17) is 34.3 Å². The first-order valence-electron chi connectivity index (χ1n) is 44.3. The molecule has 9 aromatic heterocycles. The maximum atomic E-state index is 6.53. The van der Waals surface area contributed by atoms with E-state index in [2.05, 4.69) is 390 Å². The fourth-order valence-electron chi connectivity index (χ4n) is 19.1. The zero-order valence-electron chi connectivity index (χ0n) is 71.1. The quantitative estimate of drug-likeness (QED) is 0.120. The van der Waals surface area contributed by atoms with Crippen LogP contribution in [0.15, 0.2) is 459 Å². The Bertz CT molecular complexity index is 8580. The molecule has 27 rings (SSSR count). The third-order valence-electron chi connectivity index (χ3n) is 25.2. The summed E-state index contributed by atoms with van der Waals surface area (Å²) in [4.78, 5) is 30.7. The van der Waals surface area contributed by atoms with Crippen LogP contribution in [-0.4, -0.2) is 43.6 Å². The van der Waals surface area contributed by atoms with Crippen LogP contribution >= 0.6 is 22.7 Å². The topological polar surface area (TPSA) is 105 Å². The lowest BCUT2D eigenvalue weighted by Crippen LogP contribution is -1.97. The molecule has 12 heteroatoms. The van der Waals surface area contributed by atoms with Crippen molar-refractivity contribution in [1.82, 2.24) is 43.6 Å². The minimum absolute atomic E-state index is 0.686. The van der Waals surface area contributed by atoms with Crippen molar-refractivity contribution in [2.24, 2.45) is 0 Å². The summed E-state index contributed by atoms with van der Waals surface area (Å²) in [5.74, 6) is 2.12. The molecule has 0 atom stereocenters. The van der Waals surface area contributed by atoms with Crippen molar-refractivity contribution in [2.75, 3.05) is 0 Å². The van der Waals surface area contributed by atoms with Gasteiger partial charge in [-0.3, -0.25) is 0 Å². The van der Waals surface area contributed by atoms with Crippen LogP contribution in [0.3, 0.4) is 0 Å². The molecular formula is C120H75N9OS2. The van der Waals surface area contributed by atoms with E-state index < -0.39 is 0 Å². The molecule has 0 aliphatic heterocycles. The minimum Gasteiger partial charge on any atom is -0.455 e. The van der Waals surface area contributed by atoms with Crippen molar-refractivity contribution in [3.63, 3.8) is 0 Å². The largest absolute Gasteiger partial charge is 0.455 e. The third-order valence-corrected chi connectivity index (χ3v) is 27.6. The number of furan rings is 1. The van der Waals surface area contributed by atoms with Gasteiger partial charge in [0.2, 0.25) is 0 Å². The van der Waals surface area contributed by atoms with Crippen LogP contribution in [0.5, 0.6) is 0 Å². The lowest BCUT2D eigenvalue weighted by Gasteiger charge is -2.11. The summed E-state index contributed by atoms with van der Waals surface area (Å²) in [6.45, 7) is 0. The Hall–Kier alpha value is -17.2. The molecule has 0 spiro atoms. The van der Waals surface area contributed by atoms with Crippen molar-refractivity contribution in [2.45, 2.75) is 0 Å². The summed E-state index contributed by atoms with van der Waals surface area (Å²) in [5.41, 5.74) is 26.8. The Balaban J connectivity index is 0.000000106. The lowest BCUT2D eigenvalue weighted by molar-refractivity contribution is 0.673. The average molecular weight is 1720 g/mol. The zero-order valence-corrected chi connectivity index (χ0v) is 72.7. The van der Waals surface area contributed by atoms with Crippen LogP contribution in [0.2, 0.25) is 0 Å². The number of hydrogen-bond acceptors (Lipinski definition) is 9. The molecule has 0 bridgehead atoms. The number of fused-ring (bicyclic) bond motifs is 21. The second kappa shape index (κ2) is 32.6. The maximum absolute atomic E-state index is 6.53. The number of nitrogens with zero attached hydrogens (tertiary/aromatic N) is 9. The molecule has 0 amide bonds. The van der Waals surface area contributed by atoms with Crippen molar-refractivity contribution in [3.8, 4) is 119 Å². The van der Waals surface area contributed by atoms with Crippen LogP contribution in [0.1, 0.15) is 0 Å². The van der Waals surface area contributed by atoms with Gasteiger partial charge in [0.05, 0.1) is 72.6 Å². The molecule has 27 aromatic rings. The highest BCUT2D eigenvalue weighted by Gasteiger charge is 2.26. The molecule has 0 unspecified atom stereocenters. The molecule has 132 heavy (non-hydrogen) atoms. The molecule has 0 fully saturated rings. The Morgan fingerprint density at radius 3 is 0.848 bits per heavy atom. The van der Waals surface area contributed by atoms with Gasteiger partial charge in [-0.2, -0.15) is 0 Å². The Morgan fingerprint density at radius 2 is 0.462 bits per heavy atom. The number of benzene rings is 18. The van der Waals surface area contributed by atoms with Gasteiger partial charge in [-0.1, -0.05) is 328 Å². The average Bonchev–Trinajstić information content (AvgIpc) is 1.57. The van der Waals surface area contributed by atoms with E-state index in [0.717, 1.165) is 156 Å². The van der Waals surface area contributed by atoms with Crippen molar-refractivity contribution >= 4 is 150 Å². The van der Waals surface area contributed by atoms with E-state index in [1.165, 1.54) is 78.4 Å². The Morgan fingerprint density at radius 1 is 0.182 bits per heavy atom. The van der Waals surface area contributed by atoms with Crippen molar-refractivity contribution < 1.29 is 4.42 Å². The Kier molecular flexibility index (Phi) is 19.1. The first kappa shape index (κ1) is 77.2. The third kappa shape index (κ3) is 13.6. The number of aromatic nitrogens is 9. The molecule has 0 saturated carbocycles. The normalized spacial score (nSPS) is 11.6. The first-order chi connectivity index (χ1) is 65.4. The molecule has 0 N–H and O–H groups in total. The van der Waals surface area contributed by atoms with Gasteiger partial charge < -0.3 is 18.1 Å². The van der Waals surface area contributed by atoms with E-state index in [1.54, 1.807) is 0 Å². The van der Waals surface area contributed by atoms with Crippen LogP contribution in [0.25, 0.3) is 246 Å². The second-order valence-corrected chi connectivity index (χ2v) is 35.2. The molecule has 0 aliphatic carbocycles. The zero-order chi connectivity index (χ0) is 87.1. The molecule has 9 heterocycles. The molecule has 618 valence electrons. The smallest absolute Gasteiger partial charge is 0.160 e. The van der Waals surface area contributed by atoms with Gasteiger partial charge in [0.25, 0.3) is 0 Å². The van der Waals surface area contributed by atoms with E-state index in [0.29, 0.717) is 11.6 Å². The minimum atomic E-state index is 0.686. The molecule has 10 nitrogen and oxygen atoms in total. The summed E-state index contributed by atoms with van der Waals surface area (Å²) >= 11 is 3.75. The van der Waals surface area contributed by atoms with Crippen LogP contribution in [0.4, 0.5) is 0 Å². The van der Waals surface area contributed by atoms with Crippen LogP contribution < -0.4 is 0 Å². The number of para-hydroxylation sites is 4. The van der Waals surface area contributed by atoms with E-state index in [1.807, 2.05) is 102 Å².